The van der Waals surface area contributed by atoms with Crippen molar-refractivity contribution >= 4 is 0 Å². The molecular formula is C5H13FN2. The van der Waals surface area contributed by atoms with Crippen molar-refractivity contribution < 1.29 is 4.48 Å². The summed E-state index contributed by atoms with van der Waals surface area (Å²) in [5.41, 5.74) is 0. The molecule has 0 unspecified atom stereocenters. The van der Waals surface area contributed by atoms with Gasteiger partial charge in [0.15, 0.2) is 0 Å². The van der Waals surface area contributed by atoms with Gasteiger partial charge in [-0.2, -0.15) is 0 Å². The van der Waals surface area contributed by atoms with Crippen molar-refractivity contribution in [1.82, 2.24) is 10.0 Å². The molecule has 0 aromatic rings. The smallest absolute Gasteiger partial charge is 0.0414 e. The molecule has 0 aliphatic carbocycles. The minimum Gasteiger partial charge on any atom is -0.308 e. The van der Waals surface area contributed by atoms with Crippen LogP contribution in [-0.4, -0.2) is 44.3 Å². The summed E-state index contributed by atoms with van der Waals surface area (Å²) >= 11 is 0. The SMILES string of the molecule is CN(C)CCN(C)F. The van der Waals surface area contributed by atoms with Crippen LogP contribution in [0.15, 0.2) is 0 Å². The zero-order valence-electron chi connectivity index (χ0n) is 5.69. The lowest BCUT2D eigenvalue weighted by Crippen LogP contribution is -2.23. The molecule has 0 bridgehead atoms. The zero-order valence-corrected chi connectivity index (χ0v) is 5.69. The third-order valence-corrected chi connectivity index (χ3v) is 0.855. The molecule has 0 aliphatic rings. The molecule has 2 nitrogen and oxygen atoms in total. The summed E-state index contributed by atoms with van der Waals surface area (Å²) in [6.45, 7) is 1.25. The molecule has 3 heteroatoms. The highest BCUT2D eigenvalue weighted by Gasteiger charge is 1.92. The van der Waals surface area contributed by atoms with E-state index in [9.17, 15) is 4.48 Å². The standard InChI is InChI=1S/C5H13FN2/c1-7(2)4-5-8(3)6/h4-5H2,1-3H3. The molecule has 50 valence electrons. The van der Waals surface area contributed by atoms with Gasteiger partial charge in [0.1, 0.15) is 0 Å². The first kappa shape index (κ1) is 7.85. The summed E-state index contributed by atoms with van der Waals surface area (Å²) in [6.07, 6.45) is 0. The van der Waals surface area contributed by atoms with Crippen molar-refractivity contribution in [3.05, 3.63) is 0 Å². The monoisotopic (exact) mass is 120 g/mol. The van der Waals surface area contributed by atoms with Gasteiger partial charge in [-0.05, 0) is 14.1 Å². The van der Waals surface area contributed by atoms with E-state index in [2.05, 4.69) is 0 Å². The van der Waals surface area contributed by atoms with E-state index in [1.807, 2.05) is 19.0 Å². The minimum absolute atomic E-state index is 0.479. The fraction of sp³-hybridized carbons (Fsp3) is 1.00. The van der Waals surface area contributed by atoms with Crippen molar-refractivity contribution in [1.29, 1.82) is 0 Å². The summed E-state index contributed by atoms with van der Waals surface area (Å²) in [5, 5.41) is 0.681. The second-order valence-corrected chi connectivity index (χ2v) is 2.13. The second-order valence-electron chi connectivity index (χ2n) is 2.13. The van der Waals surface area contributed by atoms with Crippen molar-refractivity contribution in [2.45, 2.75) is 0 Å². The van der Waals surface area contributed by atoms with Crippen molar-refractivity contribution in [3.8, 4) is 0 Å². The van der Waals surface area contributed by atoms with Gasteiger partial charge < -0.3 is 4.90 Å². The highest BCUT2D eigenvalue weighted by atomic mass is 19.2. The molecule has 8 heavy (non-hydrogen) atoms. The molecule has 0 rings (SSSR count). The van der Waals surface area contributed by atoms with E-state index in [0.29, 0.717) is 11.7 Å². The van der Waals surface area contributed by atoms with Gasteiger partial charge in [-0.1, -0.05) is 0 Å². The zero-order chi connectivity index (χ0) is 6.57. The number of rotatable bonds is 3. The minimum atomic E-state index is 0.479. The Bertz CT molecular complexity index is 46.4. The summed E-state index contributed by atoms with van der Waals surface area (Å²) in [6, 6.07) is 0. The molecule has 0 saturated carbocycles. The van der Waals surface area contributed by atoms with Gasteiger partial charge >= 0.3 is 0 Å². The number of halogens is 1. The van der Waals surface area contributed by atoms with Crippen molar-refractivity contribution in [2.75, 3.05) is 34.2 Å². The first-order valence-electron chi connectivity index (χ1n) is 2.64. The van der Waals surface area contributed by atoms with Crippen LogP contribution < -0.4 is 0 Å². The van der Waals surface area contributed by atoms with E-state index < -0.39 is 0 Å². The van der Waals surface area contributed by atoms with Crippen LogP contribution in [0.2, 0.25) is 0 Å². The lowest BCUT2D eigenvalue weighted by atomic mass is 10.6. The number of hydrogen-bond acceptors (Lipinski definition) is 2. The van der Waals surface area contributed by atoms with Gasteiger partial charge in [0.25, 0.3) is 0 Å². The molecule has 0 aromatic carbocycles. The molecule has 0 atom stereocenters. The van der Waals surface area contributed by atoms with Crippen LogP contribution in [0.5, 0.6) is 0 Å². The largest absolute Gasteiger partial charge is 0.308 e. The third-order valence-electron chi connectivity index (χ3n) is 0.855. The Hall–Kier alpha value is -0.150. The molecule has 0 radical (unpaired) electrons. The summed E-state index contributed by atoms with van der Waals surface area (Å²) in [4.78, 5) is 1.94. The Balaban J connectivity index is 2.93. The lowest BCUT2D eigenvalue weighted by molar-refractivity contribution is 0.0528. The second kappa shape index (κ2) is 3.80. The average molecular weight is 120 g/mol. The predicted molar refractivity (Wildman–Crippen MR) is 32.3 cm³/mol. The maximum atomic E-state index is 11.9. The van der Waals surface area contributed by atoms with E-state index in [-0.39, 0.29) is 0 Å². The highest BCUT2D eigenvalue weighted by Crippen LogP contribution is 1.81. The molecular weight excluding hydrogens is 107 g/mol. The number of hydrogen-bond donors (Lipinski definition) is 0. The fourth-order valence-corrected chi connectivity index (χ4v) is 0.338. The highest BCUT2D eigenvalue weighted by molar-refractivity contribution is 4.42. The van der Waals surface area contributed by atoms with E-state index in [1.54, 1.807) is 0 Å². The predicted octanol–water partition coefficient (Wildman–Crippen LogP) is 0.364. The van der Waals surface area contributed by atoms with Crippen molar-refractivity contribution in [3.63, 3.8) is 0 Å². The Labute approximate surface area is 49.8 Å². The van der Waals surface area contributed by atoms with Gasteiger partial charge in [0, 0.05) is 20.1 Å². The molecule has 0 heterocycles. The van der Waals surface area contributed by atoms with E-state index in [1.165, 1.54) is 7.05 Å². The van der Waals surface area contributed by atoms with Crippen molar-refractivity contribution in [2.24, 2.45) is 0 Å². The fourth-order valence-electron chi connectivity index (χ4n) is 0.338. The normalized spacial score (nSPS) is 11.2. The van der Waals surface area contributed by atoms with Gasteiger partial charge in [-0.15, -0.1) is 9.60 Å². The summed E-state index contributed by atoms with van der Waals surface area (Å²) < 4.78 is 11.9. The maximum Gasteiger partial charge on any atom is 0.0414 e. The van der Waals surface area contributed by atoms with Gasteiger partial charge in [-0.25, -0.2) is 0 Å². The molecule has 0 saturated heterocycles. The molecule has 0 amide bonds. The first-order valence-corrected chi connectivity index (χ1v) is 2.64. The molecule has 0 spiro atoms. The van der Waals surface area contributed by atoms with E-state index >= 15 is 0 Å². The van der Waals surface area contributed by atoms with Crippen LogP contribution >= 0.6 is 0 Å². The average Bonchev–Trinajstić information content (AvgIpc) is 1.61. The molecule has 0 aliphatic heterocycles. The number of likely N-dealkylation sites (N-methyl/N-ethyl adjacent to an activating group) is 2. The lowest BCUT2D eigenvalue weighted by Gasteiger charge is -2.10. The van der Waals surface area contributed by atoms with E-state index in [4.69, 9.17) is 0 Å². The molecule has 0 fully saturated rings. The maximum absolute atomic E-state index is 11.9. The van der Waals surface area contributed by atoms with Gasteiger partial charge in [0.2, 0.25) is 0 Å². The van der Waals surface area contributed by atoms with Gasteiger partial charge in [-0.3, -0.25) is 0 Å². The Kier molecular flexibility index (Phi) is 3.73. The molecule has 0 aromatic heterocycles. The van der Waals surface area contributed by atoms with Crippen LogP contribution in [0.1, 0.15) is 0 Å². The van der Waals surface area contributed by atoms with Crippen LogP contribution in [0.4, 0.5) is 4.48 Å². The van der Waals surface area contributed by atoms with Crippen LogP contribution in [-0.2, 0) is 0 Å². The van der Waals surface area contributed by atoms with E-state index in [0.717, 1.165) is 6.54 Å². The number of nitrogens with zero attached hydrogens (tertiary/aromatic N) is 2. The summed E-state index contributed by atoms with van der Waals surface area (Å²) in [7, 11) is 5.26. The molecule has 0 N–H and O–H groups in total. The van der Waals surface area contributed by atoms with Crippen LogP contribution in [0.25, 0.3) is 0 Å². The Morgan fingerprint density at radius 1 is 1.12 bits per heavy atom. The Morgan fingerprint density at radius 2 is 1.62 bits per heavy atom. The third kappa shape index (κ3) is 5.85. The first-order chi connectivity index (χ1) is 3.63. The quantitative estimate of drug-likeness (QED) is 0.496. The Morgan fingerprint density at radius 3 is 1.75 bits per heavy atom. The van der Waals surface area contributed by atoms with Crippen LogP contribution in [0, 0.1) is 0 Å². The van der Waals surface area contributed by atoms with Gasteiger partial charge in [0.05, 0.1) is 0 Å². The summed E-state index contributed by atoms with van der Waals surface area (Å²) in [5.74, 6) is 0. The topological polar surface area (TPSA) is 6.48 Å². The van der Waals surface area contributed by atoms with Crippen LogP contribution in [0.3, 0.4) is 0 Å².